The fraction of sp³-hybridized carbons (Fsp3) is 0.917. The van der Waals surface area contributed by atoms with Gasteiger partial charge in [0.25, 0.3) is 0 Å². The third-order valence-corrected chi connectivity index (χ3v) is 3.73. The van der Waals surface area contributed by atoms with Crippen LogP contribution in [-0.2, 0) is 9.53 Å². The second-order valence-corrected chi connectivity index (χ2v) is 5.02. The van der Waals surface area contributed by atoms with Crippen LogP contribution in [0.25, 0.3) is 0 Å². The molecular weight excluding hydrogens is 249 g/mol. The van der Waals surface area contributed by atoms with Gasteiger partial charge in [-0.2, -0.15) is 13.2 Å². The van der Waals surface area contributed by atoms with Gasteiger partial charge in [0.15, 0.2) is 0 Å². The van der Waals surface area contributed by atoms with Crippen LogP contribution in [-0.4, -0.2) is 30.5 Å². The number of alkyl halides is 3. The van der Waals surface area contributed by atoms with Gasteiger partial charge in [0.2, 0.25) is 0 Å². The van der Waals surface area contributed by atoms with E-state index < -0.39 is 24.2 Å². The Morgan fingerprint density at radius 3 is 2.61 bits per heavy atom. The average Bonchev–Trinajstić information content (AvgIpc) is 2.68. The van der Waals surface area contributed by atoms with Crippen molar-refractivity contribution in [3.63, 3.8) is 0 Å². The molecular formula is C12H19F3O3. The number of halogens is 3. The van der Waals surface area contributed by atoms with Crippen LogP contribution in [0.4, 0.5) is 13.2 Å². The lowest BCUT2D eigenvalue weighted by atomic mass is 9.82. The van der Waals surface area contributed by atoms with E-state index in [1.54, 1.807) is 0 Å². The summed E-state index contributed by atoms with van der Waals surface area (Å²) in [5.41, 5.74) is -0.883. The number of carboxylic acid groups (broad SMARTS) is 1. The highest BCUT2D eigenvalue weighted by Crippen LogP contribution is 2.45. The highest BCUT2D eigenvalue weighted by Gasteiger charge is 2.44. The predicted molar refractivity (Wildman–Crippen MR) is 59.2 cm³/mol. The minimum Gasteiger partial charge on any atom is -0.481 e. The summed E-state index contributed by atoms with van der Waals surface area (Å²) in [5, 5.41) is 9.26. The maximum absolute atomic E-state index is 11.9. The normalized spacial score (nSPS) is 28.6. The molecule has 1 rings (SSSR count). The van der Waals surface area contributed by atoms with Crippen LogP contribution >= 0.6 is 0 Å². The van der Waals surface area contributed by atoms with Crippen molar-refractivity contribution in [1.29, 1.82) is 0 Å². The lowest BCUT2D eigenvalue weighted by Crippen LogP contribution is -2.30. The zero-order valence-electron chi connectivity index (χ0n) is 10.4. The van der Waals surface area contributed by atoms with Crippen LogP contribution < -0.4 is 0 Å². The number of hydrogen-bond acceptors (Lipinski definition) is 2. The number of carboxylic acids is 1. The molecule has 0 aromatic rings. The summed E-state index contributed by atoms with van der Waals surface area (Å²) in [6.45, 7) is 0.547. The number of rotatable bonds is 6. The molecule has 2 atom stereocenters. The first kappa shape index (κ1) is 15.3. The van der Waals surface area contributed by atoms with Gasteiger partial charge in [-0.15, -0.1) is 0 Å². The minimum absolute atomic E-state index is 0.151. The third-order valence-electron chi connectivity index (χ3n) is 3.73. The van der Waals surface area contributed by atoms with Crippen molar-refractivity contribution < 1.29 is 27.8 Å². The Labute approximate surface area is 104 Å². The predicted octanol–water partition coefficient (Wildman–Crippen LogP) is 3.24. The lowest BCUT2D eigenvalue weighted by Gasteiger charge is -2.24. The van der Waals surface area contributed by atoms with Gasteiger partial charge < -0.3 is 9.84 Å². The van der Waals surface area contributed by atoms with E-state index in [0.29, 0.717) is 18.8 Å². The second kappa shape index (κ2) is 5.91. The average molecular weight is 268 g/mol. The molecule has 0 aliphatic heterocycles. The summed E-state index contributed by atoms with van der Waals surface area (Å²) < 4.78 is 40.2. The Morgan fingerprint density at radius 1 is 1.50 bits per heavy atom. The fourth-order valence-corrected chi connectivity index (χ4v) is 2.57. The third kappa shape index (κ3) is 4.15. The van der Waals surface area contributed by atoms with E-state index in [0.717, 1.165) is 12.8 Å². The Kier molecular flexibility index (Phi) is 5.01. The van der Waals surface area contributed by atoms with Crippen molar-refractivity contribution in [2.75, 3.05) is 13.2 Å². The molecule has 1 N–H and O–H groups in total. The number of ether oxygens (including phenoxy) is 1. The number of hydrogen-bond donors (Lipinski definition) is 1. The van der Waals surface area contributed by atoms with Gasteiger partial charge in [-0.05, 0) is 31.6 Å². The largest absolute Gasteiger partial charge is 0.481 e. The zero-order valence-corrected chi connectivity index (χ0v) is 10.4. The molecule has 0 spiro atoms. The van der Waals surface area contributed by atoms with E-state index in [-0.39, 0.29) is 13.0 Å². The summed E-state index contributed by atoms with van der Waals surface area (Å²) in [6.07, 6.45) is -1.35. The molecule has 1 fully saturated rings. The molecule has 0 aromatic carbocycles. The van der Waals surface area contributed by atoms with Crippen molar-refractivity contribution in [2.45, 2.75) is 45.2 Å². The van der Waals surface area contributed by atoms with E-state index in [4.69, 9.17) is 0 Å². The van der Waals surface area contributed by atoms with Gasteiger partial charge in [0.1, 0.15) is 6.61 Å². The Bertz CT molecular complexity index is 291. The molecule has 0 amide bonds. The highest BCUT2D eigenvalue weighted by atomic mass is 19.4. The summed E-state index contributed by atoms with van der Waals surface area (Å²) in [7, 11) is 0. The second-order valence-electron chi connectivity index (χ2n) is 5.02. The van der Waals surface area contributed by atoms with Crippen molar-refractivity contribution in [3.05, 3.63) is 0 Å². The molecule has 1 aliphatic rings. The molecule has 1 aliphatic carbocycles. The quantitative estimate of drug-likeness (QED) is 0.752. The van der Waals surface area contributed by atoms with Crippen LogP contribution in [0, 0.1) is 11.3 Å². The van der Waals surface area contributed by atoms with E-state index in [2.05, 4.69) is 4.74 Å². The molecule has 0 bridgehead atoms. The molecule has 2 unspecified atom stereocenters. The summed E-state index contributed by atoms with van der Waals surface area (Å²) >= 11 is 0. The maximum atomic E-state index is 11.9. The van der Waals surface area contributed by atoms with Gasteiger partial charge in [-0.3, -0.25) is 4.79 Å². The van der Waals surface area contributed by atoms with Crippen molar-refractivity contribution in [1.82, 2.24) is 0 Å². The molecule has 18 heavy (non-hydrogen) atoms. The van der Waals surface area contributed by atoms with Crippen LogP contribution in [0.5, 0.6) is 0 Å². The first-order valence-electron chi connectivity index (χ1n) is 6.17. The van der Waals surface area contributed by atoms with Crippen LogP contribution in [0.1, 0.15) is 39.0 Å². The molecule has 106 valence electrons. The molecule has 0 saturated heterocycles. The summed E-state index contributed by atoms with van der Waals surface area (Å²) in [6, 6.07) is 0. The van der Waals surface area contributed by atoms with Gasteiger partial charge in [0.05, 0.1) is 5.41 Å². The Hall–Kier alpha value is -0.780. The lowest BCUT2D eigenvalue weighted by molar-refractivity contribution is -0.176. The number of aliphatic carboxylic acids is 1. The SMILES string of the molecule is CCC1CCC(CCOCC(F)(F)F)(C(=O)O)C1. The summed E-state index contributed by atoms with van der Waals surface area (Å²) in [5.74, 6) is -0.544. The number of carbonyl (C=O) groups is 1. The van der Waals surface area contributed by atoms with E-state index in [1.807, 2.05) is 6.92 Å². The van der Waals surface area contributed by atoms with Gasteiger partial charge in [0, 0.05) is 6.61 Å². The summed E-state index contributed by atoms with van der Waals surface area (Å²) in [4.78, 5) is 11.3. The van der Waals surface area contributed by atoms with E-state index in [9.17, 15) is 23.1 Å². The molecule has 6 heteroatoms. The van der Waals surface area contributed by atoms with Crippen LogP contribution in [0.15, 0.2) is 0 Å². The van der Waals surface area contributed by atoms with Crippen molar-refractivity contribution in [3.8, 4) is 0 Å². The maximum Gasteiger partial charge on any atom is 0.411 e. The molecule has 0 aromatic heterocycles. The van der Waals surface area contributed by atoms with Gasteiger partial charge >= 0.3 is 12.1 Å². The standard InChI is InChI=1S/C12H19F3O3/c1-2-9-3-4-11(7-9,10(16)17)5-6-18-8-12(13,14)15/h9H,2-8H2,1H3,(H,16,17). The molecule has 0 heterocycles. The van der Waals surface area contributed by atoms with Gasteiger partial charge in [-0.1, -0.05) is 13.3 Å². The fourth-order valence-electron chi connectivity index (χ4n) is 2.57. The first-order chi connectivity index (χ1) is 8.29. The topological polar surface area (TPSA) is 46.5 Å². The van der Waals surface area contributed by atoms with E-state index >= 15 is 0 Å². The molecule has 1 saturated carbocycles. The zero-order chi connectivity index (χ0) is 13.8. The minimum atomic E-state index is -4.35. The monoisotopic (exact) mass is 268 g/mol. The highest BCUT2D eigenvalue weighted by molar-refractivity contribution is 5.75. The van der Waals surface area contributed by atoms with Crippen molar-refractivity contribution >= 4 is 5.97 Å². The molecule has 3 nitrogen and oxygen atoms in total. The van der Waals surface area contributed by atoms with Crippen LogP contribution in [0.2, 0.25) is 0 Å². The van der Waals surface area contributed by atoms with E-state index in [1.165, 1.54) is 0 Å². The Balaban J connectivity index is 2.43. The first-order valence-corrected chi connectivity index (χ1v) is 6.17. The van der Waals surface area contributed by atoms with Crippen molar-refractivity contribution in [2.24, 2.45) is 11.3 Å². The van der Waals surface area contributed by atoms with Gasteiger partial charge in [-0.25, -0.2) is 0 Å². The molecule has 0 radical (unpaired) electrons. The Morgan fingerprint density at radius 2 is 2.17 bits per heavy atom. The smallest absolute Gasteiger partial charge is 0.411 e. The van der Waals surface area contributed by atoms with Crippen LogP contribution in [0.3, 0.4) is 0 Å².